The predicted octanol–water partition coefficient (Wildman–Crippen LogP) is 3.29. The molecule has 1 heterocycles. The third-order valence-corrected chi connectivity index (χ3v) is 4.11. The minimum atomic E-state index is -4.38. The van der Waals surface area contributed by atoms with Crippen LogP contribution in [-0.2, 0) is 28.7 Å². The summed E-state index contributed by atoms with van der Waals surface area (Å²) in [5.74, 6) is 0.0920. The van der Waals surface area contributed by atoms with Gasteiger partial charge in [-0.15, -0.1) is 0 Å². The van der Waals surface area contributed by atoms with E-state index in [1.807, 2.05) is 0 Å². The van der Waals surface area contributed by atoms with Crippen LogP contribution in [0.5, 0.6) is 5.75 Å². The molecule has 1 aliphatic heterocycles. The van der Waals surface area contributed by atoms with Gasteiger partial charge < -0.3 is 15.4 Å². The number of halogens is 3. The lowest BCUT2D eigenvalue weighted by Gasteiger charge is -2.17. The van der Waals surface area contributed by atoms with Gasteiger partial charge in [-0.25, -0.2) is 0 Å². The Hall–Kier alpha value is -3.03. The van der Waals surface area contributed by atoms with E-state index in [2.05, 4.69) is 10.6 Å². The van der Waals surface area contributed by atoms with Gasteiger partial charge in [0.1, 0.15) is 5.75 Å². The fourth-order valence-corrected chi connectivity index (χ4v) is 2.66. The minimum absolute atomic E-state index is 0.0289. The number of ether oxygens (including phenoxy) is 1. The number of hydrogen-bond donors (Lipinski definition) is 2. The molecule has 0 spiro atoms. The summed E-state index contributed by atoms with van der Waals surface area (Å²) in [6.45, 7) is -0.109. The minimum Gasteiger partial charge on any atom is -0.484 e. The molecule has 0 saturated carbocycles. The summed E-state index contributed by atoms with van der Waals surface area (Å²) in [5, 5.41) is 5.35. The summed E-state index contributed by atoms with van der Waals surface area (Å²) in [7, 11) is 0. The van der Waals surface area contributed by atoms with Crippen molar-refractivity contribution in [3.63, 3.8) is 0 Å². The van der Waals surface area contributed by atoms with Crippen LogP contribution in [0.2, 0.25) is 0 Å². The molecule has 0 atom stereocenters. The highest BCUT2D eigenvalue weighted by molar-refractivity contribution is 5.94. The molecule has 5 nitrogen and oxygen atoms in total. The molecule has 2 amide bonds. The first-order chi connectivity index (χ1) is 12.8. The van der Waals surface area contributed by atoms with Crippen molar-refractivity contribution in [1.29, 1.82) is 0 Å². The van der Waals surface area contributed by atoms with E-state index in [-0.39, 0.29) is 25.0 Å². The molecule has 0 unspecified atom stereocenters. The zero-order valence-electron chi connectivity index (χ0n) is 14.2. The zero-order chi connectivity index (χ0) is 19.4. The Labute approximate surface area is 153 Å². The van der Waals surface area contributed by atoms with E-state index in [0.29, 0.717) is 24.2 Å². The zero-order valence-corrected chi connectivity index (χ0v) is 14.2. The molecule has 2 aromatic carbocycles. The number of fused-ring (bicyclic) bond motifs is 1. The van der Waals surface area contributed by atoms with Crippen molar-refractivity contribution in [2.24, 2.45) is 0 Å². The van der Waals surface area contributed by atoms with E-state index < -0.39 is 11.7 Å². The number of nitrogens with one attached hydrogen (secondary N) is 2. The maximum absolute atomic E-state index is 12.5. The highest BCUT2D eigenvalue weighted by Gasteiger charge is 2.29. The van der Waals surface area contributed by atoms with Crippen LogP contribution in [0.4, 0.5) is 18.9 Å². The maximum Gasteiger partial charge on any atom is 0.416 e. The first kappa shape index (κ1) is 18.8. The number of rotatable bonds is 5. The van der Waals surface area contributed by atoms with Crippen molar-refractivity contribution in [3.05, 3.63) is 59.2 Å². The van der Waals surface area contributed by atoms with Gasteiger partial charge in [-0.1, -0.05) is 12.1 Å². The van der Waals surface area contributed by atoms with Crippen LogP contribution in [0.25, 0.3) is 0 Å². The fourth-order valence-electron chi connectivity index (χ4n) is 2.66. The monoisotopic (exact) mass is 378 g/mol. The molecular weight excluding hydrogens is 361 g/mol. The third kappa shape index (κ3) is 4.99. The van der Waals surface area contributed by atoms with E-state index in [1.165, 1.54) is 12.1 Å². The fraction of sp³-hybridized carbons (Fsp3) is 0.263. The van der Waals surface area contributed by atoms with Crippen molar-refractivity contribution in [1.82, 2.24) is 5.32 Å². The molecule has 0 bridgehead atoms. The number of alkyl halides is 3. The Morgan fingerprint density at radius 1 is 1.11 bits per heavy atom. The van der Waals surface area contributed by atoms with Gasteiger partial charge in [0.05, 0.1) is 5.56 Å². The predicted molar refractivity (Wildman–Crippen MR) is 92.2 cm³/mol. The molecular formula is C19H17F3N2O3. The van der Waals surface area contributed by atoms with Gasteiger partial charge in [0.2, 0.25) is 5.91 Å². The summed E-state index contributed by atoms with van der Waals surface area (Å²) < 4.78 is 43.0. The molecule has 3 rings (SSSR count). The van der Waals surface area contributed by atoms with E-state index >= 15 is 0 Å². The lowest BCUT2D eigenvalue weighted by atomic mass is 10.0. The molecule has 142 valence electrons. The molecule has 0 aromatic heterocycles. The second kappa shape index (κ2) is 7.69. The normalized spacial score (nSPS) is 13.5. The lowest BCUT2D eigenvalue weighted by Crippen LogP contribution is -2.28. The van der Waals surface area contributed by atoms with Crippen molar-refractivity contribution in [3.8, 4) is 5.75 Å². The van der Waals surface area contributed by atoms with Crippen molar-refractivity contribution in [2.45, 2.75) is 25.6 Å². The smallest absolute Gasteiger partial charge is 0.416 e. The molecule has 2 N–H and O–H groups in total. The first-order valence-corrected chi connectivity index (χ1v) is 8.30. The van der Waals surface area contributed by atoms with Gasteiger partial charge >= 0.3 is 6.18 Å². The topological polar surface area (TPSA) is 67.4 Å². The number of carbonyl (C=O) groups excluding carboxylic acids is 2. The van der Waals surface area contributed by atoms with Gasteiger partial charge in [0.15, 0.2) is 6.61 Å². The summed E-state index contributed by atoms with van der Waals surface area (Å²) in [4.78, 5) is 23.2. The second-order valence-corrected chi connectivity index (χ2v) is 6.13. The van der Waals surface area contributed by atoms with E-state index in [0.717, 1.165) is 23.4 Å². The number of amides is 2. The second-order valence-electron chi connectivity index (χ2n) is 6.13. The van der Waals surface area contributed by atoms with Gasteiger partial charge in [-0.2, -0.15) is 13.2 Å². The number of hydrogen-bond acceptors (Lipinski definition) is 3. The highest BCUT2D eigenvalue weighted by Crippen LogP contribution is 2.29. The van der Waals surface area contributed by atoms with Gasteiger partial charge in [-0.3, -0.25) is 9.59 Å². The van der Waals surface area contributed by atoms with Crippen LogP contribution in [-0.4, -0.2) is 18.4 Å². The maximum atomic E-state index is 12.5. The summed E-state index contributed by atoms with van der Waals surface area (Å²) in [6.07, 6.45) is -3.37. The Morgan fingerprint density at radius 2 is 1.85 bits per heavy atom. The van der Waals surface area contributed by atoms with E-state index in [9.17, 15) is 22.8 Å². The lowest BCUT2D eigenvalue weighted by molar-refractivity contribution is -0.137. The average Bonchev–Trinajstić information content (AvgIpc) is 2.64. The third-order valence-electron chi connectivity index (χ3n) is 4.11. The molecule has 27 heavy (non-hydrogen) atoms. The molecule has 2 aromatic rings. The largest absolute Gasteiger partial charge is 0.484 e. The molecule has 0 fully saturated rings. The summed E-state index contributed by atoms with van der Waals surface area (Å²) >= 11 is 0. The van der Waals surface area contributed by atoms with Crippen LogP contribution < -0.4 is 15.4 Å². The average molecular weight is 378 g/mol. The molecule has 0 aliphatic carbocycles. The number of anilines is 1. The van der Waals surface area contributed by atoms with Crippen LogP contribution in [0.15, 0.2) is 42.5 Å². The number of benzene rings is 2. The Morgan fingerprint density at radius 3 is 2.56 bits per heavy atom. The number of aryl methyl sites for hydroxylation is 1. The standard InChI is InChI=1S/C19H17F3N2O3/c20-19(21,22)14-4-1-12(2-5-14)10-23-18(26)11-27-15-6-7-16-13(9-15)3-8-17(25)24-16/h1-2,4-7,9H,3,8,10-11H2,(H,23,26)(H,24,25). The molecule has 0 radical (unpaired) electrons. The van der Waals surface area contributed by atoms with Crippen LogP contribution in [0.1, 0.15) is 23.1 Å². The molecule has 1 aliphatic rings. The number of carbonyl (C=O) groups is 2. The SMILES string of the molecule is O=C(COc1ccc2c(c1)CCC(=O)N2)NCc1ccc(C(F)(F)F)cc1. The first-order valence-electron chi connectivity index (χ1n) is 8.30. The highest BCUT2D eigenvalue weighted by atomic mass is 19.4. The van der Waals surface area contributed by atoms with Gasteiger partial charge in [-0.05, 0) is 47.9 Å². The Bertz CT molecular complexity index is 848. The van der Waals surface area contributed by atoms with Crippen LogP contribution in [0.3, 0.4) is 0 Å². The van der Waals surface area contributed by atoms with Crippen molar-refractivity contribution < 1.29 is 27.5 Å². The van der Waals surface area contributed by atoms with Gasteiger partial charge in [0.25, 0.3) is 5.91 Å². The quantitative estimate of drug-likeness (QED) is 0.839. The van der Waals surface area contributed by atoms with Crippen molar-refractivity contribution >= 4 is 17.5 Å². The van der Waals surface area contributed by atoms with E-state index in [1.54, 1.807) is 18.2 Å². The molecule has 8 heteroatoms. The Kier molecular flexibility index (Phi) is 5.34. The molecule has 0 saturated heterocycles. The van der Waals surface area contributed by atoms with Crippen LogP contribution >= 0.6 is 0 Å². The summed E-state index contributed by atoms with van der Waals surface area (Å²) in [6, 6.07) is 9.75. The van der Waals surface area contributed by atoms with Crippen molar-refractivity contribution in [2.75, 3.05) is 11.9 Å². The van der Waals surface area contributed by atoms with Gasteiger partial charge in [0, 0.05) is 18.7 Å². The van der Waals surface area contributed by atoms with E-state index in [4.69, 9.17) is 4.74 Å². The van der Waals surface area contributed by atoms with Crippen LogP contribution in [0, 0.1) is 0 Å². The summed E-state index contributed by atoms with van der Waals surface area (Å²) in [5.41, 5.74) is 1.51. The Balaban J connectivity index is 1.48.